The van der Waals surface area contributed by atoms with Crippen LogP contribution in [-0.4, -0.2) is 7.05 Å². The molecule has 1 unspecified atom stereocenters. The van der Waals surface area contributed by atoms with E-state index >= 15 is 0 Å². The minimum Gasteiger partial charge on any atom is -0.313 e. The molecule has 0 radical (unpaired) electrons. The summed E-state index contributed by atoms with van der Waals surface area (Å²) in [7, 11) is 1.87. The topological polar surface area (TPSA) is 12.0 Å². The normalized spacial score (nSPS) is 25.1. The van der Waals surface area contributed by atoms with Crippen LogP contribution < -0.4 is 5.32 Å². The van der Waals surface area contributed by atoms with E-state index in [1.165, 1.54) is 12.1 Å². The quantitative estimate of drug-likeness (QED) is 0.794. The first-order valence-corrected chi connectivity index (χ1v) is 5.85. The number of alkyl halides is 3. The zero-order chi connectivity index (χ0) is 12.3. The number of halogens is 3. The van der Waals surface area contributed by atoms with E-state index in [-0.39, 0.29) is 11.5 Å². The Labute approximate surface area is 98.0 Å². The second-order valence-electron chi connectivity index (χ2n) is 5.13. The fourth-order valence-electron chi connectivity index (χ4n) is 2.99. The van der Waals surface area contributed by atoms with Gasteiger partial charge in [-0.05, 0) is 55.0 Å². The Balaban J connectivity index is 2.09. The number of rotatable bonds is 1. The van der Waals surface area contributed by atoms with Crippen molar-refractivity contribution in [2.45, 2.75) is 36.9 Å². The first kappa shape index (κ1) is 11.1. The van der Waals surface area contributed by atoms with Crippen molar-refractivity contribution in [3.05, 3.63) is 34.9 Å². The number of fused-ring (bicyclic) bond motifs is 2. The van der Waals surface area contributed by atoms with Crippen LogP contribution in [0.3, 0.4) is 0 Å². The largest absolute Gasteiger partial charge is 0.416 e. The molecule has 1 N–H and O–H groups in total. The van der Waals surface area contributed by atoms with E-state index in [0.717, 1.165) is 30.4 Å². The van der Waals surface area contributed by atoms with Crippen LogP contribution in [0.1, 0.15) is 42.0 Å². The summed E-state index contributed by atoms with van der Waals surface area (Å²) in [5.41, 5.74) is 1.51. The van der Waals surface area contributed by atoms with Gasteiger partial charge in [0, 0.05) is 6.04 Å². The summed E-state index contributed by atoms with van der Waals surface area (Å²) in [5, 5.41) is 3.19. The van der Waals surface area contributed by atoms with Gasteiger partial charge in [0.15, 0.2) is 0 Å². The predicted octanol–water partition coefficient (Wildman–Crippen LogP) is 3.40. The van der Waals surface area contributed by atoms with Gasteiger partial charge in [-0.1, -0.05) is 6.07 Å². The Morgan fingerprint density at radius 2 is 2.00 bits per heavy atom. The van der Waals surface area contributed by atoms with E-state index in [1.807, 2.05) is 7.05 Å². The SMILES string of the molecule is CNC1CC2(CC2)c2cc(C(F)(F)F)ccc21. The molecule has 2 aliphatic rings. The predicted molar refractivity (Wildman–Crippen MR) is 58.8 cm³/mol. The minimum absolute atomic E-state index is 0.0459. The number of benzene rings is 1. The van der Waals surface area contributed by atoms with E-state index < -0.39 is 11.7 Å². The average Bonchev–Trinajstić information content (AvgIpc) is 2.97. The monoisotopic (exact) mass is 241 g/mol. The Morgan fingerprint density at radius 3 is 2.53 bits per heavy atom. The Bertz CT molecular complexity index is 460. The third-order valence-corrected chi connectivity index (χ3v) is 4.12. The number of hydrogen-bond donors (Lipinski definition) is 1. The lowest BCUT2D eigenvalue weighted by Crippen LogP contribution is -2.14. The lowest BCUT2D eigenvalue weighted by molar-refractivity contribution is -0.137. The molecular weight excluding hydrogens is 227 g/mol. The summed E-state index contributed by atoms with van der Waals surface area (Å²) in [6.07, 6.45) is -1.23. The van der Waals surface area contributed by atoms with Crippen molar-refractivity contribution < 1.29 is 13.2 Å². The van der Waals surface area contributed by atoms with Crippen LogP contribution >= 0.6 is 0 Å². The molecule has 0 aromatic heterocycles. The molecule has 2 aliphatic carbocycles. The summed E-state index contributed by atoms with van der Waals surface area (Å²) in [4.78, 5) is 0. The van der Waals surface area contributed by atoms with Gasteiger partial charge < -0.3 is 5.32 Å². The van der Waals surface area contributed by atoms with Gasteiger partial charge in [-0.3, -0.25) is 0 Å². The summed E-state index contributed by atoms with van der Waals surface area (Å²) in [6.45, 7) is 0. The number of hydrogen-bond acceptors (Lipinski definition) is 1. The van der Waals surface area contributed by atoms with Crippen LogP contribution in [0.15, 0.2) is 18.2 Å². The van der Waals surface area contributed by atoms with Gasteiger partial charge in [0.1, 0.15) is 0 Å². The van der Waals surface area contributed by atoms with E-state index in [0.29, 0.717) is 0 Å². The highest BCUT2D eigenvalue weighted by Crippen LogP contribution is 2.60. The van der Waals surface area contributed by atoms with Gasteiger partial charge in [0.05, 0.1) is 5.56 Å². The van der Waals surface area contributed by atoms with Gasteiger partial charge in [-0.2, -0.15) is 13.2 Å². The van der Waals surface area contributed by atoms with Crippen molar-refractivity contribution in [2.75, 3.05) is 7.05 Å². The van der Waals surface area contributed by atoms with Crippen LogP contribution in [0.25, 0.3) is 0 Å². The molecule has 92 valence electrons. The fourth-order valence-corrected chi connectivity index (χ4v) is 2.99. The molecule has 1 fully saturated rings. The highest BCUT2D eigenvalue weighted by atomic mass is 19.4. The second kappa shape index (κ2) is 3.25. The molecule has 1 atom stereocenters. The standard InChI is InChI=1S/C13H14F3N/c1-17-11-7-12(4-5-12)10-6-8(13(14,15)16)2-3-9(10)11/h2-3,6,11,17H,4-5,7H2,1H3. The van der Waals surface area contributed by atoms with E-state index in [2.05, 4.69) is 5.32 Å². The van der Waals surface area contributed by atoms with Gasteiger partial charge in [-0.25, -0.2) is 0 Å². The molecule has 4 heteroatoms. The Hall–Kier alpha value is -1.03. The van der Waals surface area contributed by atoms with Gasteiger partial charge in [0.2, 0.25) is 0 Å². The molecule has 1 saturated carbocycles. The van der Waals surface area contributed by atoms with Crippen molar-refractivity contribution in [2.24, 2.45) is 0 Å². The van der Waals surface area contributed by atoms with Gasteiger partial charge >= 0.3 is 6.18 Å². The third kappa shape index (κ3) is 1.58. The molecule has 17 heavy (non-hydrogen) atoms. The fraction of sp³-hybridized carbons (Fsp3) is 0.538. The maximum atomic E-state index is 12.7. The smallest absolute Gasteiger partial charge is 0.313 e. The van der Waals surface area contributed by atoms with E-state index in [4.69, 9.17) is 0 Å². The highest BCUT2D eigenvalue weighted by Gasteiger charge is 2.52. The lowest BCUT2D eigenvalue weighted by Gasteiger charge is -2.12. The molecule has 0 heterocycles. The Morgan fingerprint density at radius 1 is 1.29 bits per heavy atom. The van der Waals surface area contributed by atoms with Crippen LogP contribution in [0.5, 0.6) is 0 Å². The van der Waals surface area contributed by atoms with Crippen LogP contribution in [0.2, 0.25) is 0 Å². The minimum atomic E-state index is -4.23. The molecule has 0 amide bonds. The lowest BCUT2D eigenvalue weighted by atomic mass is 9.96. The van der Waals surface area contributed by atoms with Crippen molar-refractivity contribution in [3.8, 4) is 0 Å². The molecular formula is C13H14F3N. The van der Waals surface area contributed by atoms with E-state index in [1.54, 1.807) is 6.07 Å². The van der Waals surface area contributed by atoms with E-state index in [9.17, 15) is 13.2 Å². The summed E-state index contributed by atoms with van der Waals surface area (Å²) in [6, 6.07) is 4.42. The molecule has 0 aliphatic heterocycles. The molecule has 1 aromatic carbocycles. The van der Waals surface area contributed by atoms with Gasteiger partial charge in [0.25, 0.3) is 0 Å². The van der Waals surface area contributed by atoms with Crippen molar-refractivity contribution in [3.63, 3.8) is 0 Å². The van der Waals surface area contributed by atoms with Gasteiger partial charge in [-0.15, -0.1) is 0 Å². The molecule has 1 aromatic rings. The maximum Gasteiger partial charge on any atom is 0.416 e. The third-order valence-electron chi connectivity index (χ3n) is 4.12. The Kier molecular flexibility index (Phi) is 2.12. The van der Waals surface area contributed by atoms with Crippen molar-refractivity contribution in [1.82, 2.24) is 5.32 Å². The maximum absolute atomic E-state index is 12.7. The molecule has 3 rings (SSSR count). The van der Waals surface area contributed by atoms with Crippen molar-refractivity contribution in [1.29, 1.82) is 0 Å². The highest BCUT2D eigenvalue weighted by molar-refractivity contribution is 5.48. The molecule has 1 nitrogen and oxygen atoms in total. The molecule has 0 bridgehead atoms. The first-order chi connectivity index (χ1) is 7.96. The zero-order valence-electron chi connectivity index (χ0n) is 9.56. The number of nitrogens with one attached hydrogen (secondary N) is 1. The summed E-state index contributed by atoms with van der Waals surface area (Å²) >= 11 is 0. The molecule has 1 spiro atoms. The van der Waals surface area contributed by atoms with Crippen LogP contribution in [0.4, 0.5) is 13.2 Å². The first-order valence-electron chi connectivity index (χ1n) is 5.85. The van der Waals surface area contributed by atoms with Crippen LogP contribution in [0, 0.1) is 0 Å². The zero-order valence-corrected chi connectivity index (χ0v) is 9.56. The average molecular weight is 241 g/mol. The molecule has 0 saturated heterocycles. The summed E-state index contributed by atoms with van der Waals surface area (Å²) in [5.74, 6) is 0. The second-order valence-corrected chi connectivity index (χ2v) is 5.13. The van der Waals surface area contributed by atoms with Crippen molar-refractivity contribution >= 4 is 0 Å². The summed E-state index contributed by atoms with van der Waals surface area (Å²) < 4.78 is 38.1. The van der Waals surface area contributed by atoms with Crippen LogP contribution in [-0.2, 0) is 11.6 Å².